The largest absolute Gasteiger partial charge is 0.489 e. The van der Waals surface area contributed by atoms with Crippen LogP contribution in [0.5, 0.6) is 5.75 Å². The summed E-state index contributed by atoms with van der Waals surface area (Å²) in [7, 11) is 1.28. The lowest BCUT2D eigenvalue weighted by atomic mass is 10.1. The lowest BCUT2D eigenvalue weighted by molar-refractivity contribution is 0.0600. The third kappa shape index (κ3) is 5.45. The zero-order valence-electron chi connectivity index (χ0n) is 16.3. The van der Waals surface area contributed by atoms with Gasteiger partial charge in [-0.15, -0.1) is 0 Å². The van der Waals surface area contributed by atoms with Gasteiger partial charge in [0.2, 0.25) is 0 Å². The Bertz CT molecular complexity index is 1020. The normalized spacial score (nSPS) is 10.0. The van der Waals surface area contributed by atoms with Crippen molar-refractivity contribution in [2.45, 2.75) is 6.61 Å². The van der Waals surface area contributed by atoms with E-state index in [9.17, 15) is 14.4 Å². The van der Waals surface area contributed by atoms with Crippen LogP contribution >= 0.6 is 0 Å². The lowest BCUT2D eigenvalue weighted by Crippen LogP contribution is -2.41. The number of hydrogen-bond donors (Lipinski definition) is 2. The van der Waals surface area contributed by atoms with Gasteiger partial charge in [-0.1, -0.05) is 30.3 Å². The van der Waals surface area contributed by atoms with Crippen LogP contribution in [-0.4, -0.2) is 24.9 Å². The molecule has 2 N–H and O–H groups in total. The van der Waals surface area contributed by atoms with E-state index in [4.69, 9.17) is 4.74 Å². The first-order chi connectivity index (χ1) is 14.6. The number of nitrogens with one attached hydrogen (secondary N) is 2. The summed E-state index contributed by atoms with van der Waals surface area (Å²) in [5, 5.41) is 0. The third-order valence-corrected chi connectivity index (χ3v) is 4.22. The van der Waals surface area contributed by atoms with Gasteiger partial charge in [-0.05, 0) is 54.1 Å². The summed E-state index contributed by atoms with van der Waals surface area (Å²) in [4.78, 5) is 35.8. The quantitative estimate of drug-likeness (QED) is 0.486. The summed E-state index contributed by atoms with van der Waals surface area (Å²) in [5.41, 5.74) is 6.71. The Hall–Kier alpha value is -4.13. The molecule has 0 fully saturated rings. The molecule has 7 nitrogen and oxygen atoms in total. The third-order valence-electron chi connectivity index (χ3n) is 4.22. The molecule has 0 unspecified atom stereocenters. The minimum absolute atomic E-state index is 0.285. The summed E-state index contributed by atoms with van der Waals surface area (Å²) in [5.74, 6) is -0.844. The number of hydrazine groups is 1. The van der Waals surface area contributed by atoms with E-state index >= 15 is 0 Å². The SMILES string of the molecule is COC(=O)c1ccc(C(=O)NNC(=O)c2ccc(OCc3ccccc3)cc2)cc1. The molecule has 0 saturated carbocycles. The number of esters is 1. The second-order valence-corrected chi connectivity index (χ2v) is 6.28. The smallest absolute Gasteiger partial charge is 0.337 e. The molecule has 0 spiro atoms. The highest BCUT2D eigenvalue weighted by Gasteiger charge is 2.11. The molecular weight excluding hydrogens is 384 g/mol. The number of carbonyl (C=O) groups excluding carboxylic acids is 3. The Balaban J connectivity index is 1.50. The van der Waals surface area contributed by atoms with Gasteiger partial charge in [0.25, 0.3) is 11.8 Å². The van der Waals surface area contributed by atoms with Crippen LogP contribution in [0.3, 0.4) is 0 Å². The van der Waals surface area contributed by atoms with E-state index in [0.29, 0.717) is 23.5 Å². The molecule has 152 valence electrons. The second kappa shape index (κ2) is 9.88. The fourth-order valence-electron chi connectivity index (χ4n) is 2.58. The Labute approximate surface area is 173 Å². The van der Waals surface area contributed by atoms with Crippen molar-refractivity contribution in [3.05, 3.63) is 101 Å². The molecule has 0 aromatic heterocycles. The Morgan fingerprint density at radius 1 is 0.700 bits per heavy atom. The van der Waals surface area contributed by atoms with Crippen LogP contribution in [0.1, 0.15) is 36.6 Å². The molecule has 3 aromatic rings. The van der Waals surface area contributed by atoms with Crippen LogP contribution in [-0.2, 0) is 11.3 Å². The van der Waals surface area contributed by atoms with Gasteiger partial charge in [-0.3, -0.25) is 20.4 Å². The van der Waals surface area contributed by atoms with E-state index in [1.807, 2.05) is 30.3 Å². The van der Waals surface area contributed by atoms with Crippen LogP contribution in [0, 0.1) is 0 Å². The number of hydrogen-bond acceptors (Lipinski definition) is 5. The Morgan fingerprint density at radius 3 is 1.73 bits per heavy atom. The first kappa shape index (κ1) is 20.6. The molecule has 0 heterocycles. The van der Waals surface area contributed by atoms with Crippen LogP contribution in [0.2, 0.25) is 0 Å². The molecule has 7 heteroatoms. The van der Waals surface area contributed by atoms with E-state index < -0.39 is 17.8 Å². The van der Waals surface area contributed by atoms with E-state index in [0.717, 1.165) is 5.56 Å². The van der Waals surface area contributed by atoms with Gasteiger partial charge in [-0.2, -0.15) is 0 Å². The second-order valence-electron chi connectivity index (χ2n) is 6.28. The van der Waals surface area contributed by atoms with Crippen molar-refractivity contribution in [2.24, 2.45) is 0 Å². The first-order valence-corrected chi connectivity index (χ1v) is 9.12. The van der Waals surface area contributed by atoms with Crippen LogP contribution in [0.15, 0.2) is 78.9 Å². The highest BCUT2D eigenvalue weighted by Crippen LogP contribution is 2.14. The van der Waals surface area contributed by atoms with Gasteiger partial charge in [0.15, 0.2) is 0 Å². The van der Waals surface area contributed by atoms with Crippen LogP contribution < -0.4 is 15.6 Å². The van der Waals surface area contributed by atoms with Crippen molar-refractivity contribution in [1.29, 1.82) is 0 Å². The average molecular weight is 404 g/mol. The predicted octanol–water partition coefficient (Wildman–Crippen LogP) is 3.13. The summed E-state index contributed by atoms with van der Waals surface area (Å²) in [6, 6.07) is 22.2. The first-order valence-electron chi connectivity index (χ1n) is 9.12. The van der Waals surface area contributed by atoms with E-state index in [1.54, 1.807) is 24.3 Å². The Kier molecular flexibility index (Phi) is 6.78. The Morgan fingerprint density at radius 2 is 1.20 bits per heavy atom. The van der Waals surface area contributed by atoms with Gasteiger partial charge < -0.3 is 9.47 Å². The molecule has 3 aromatic carbocycles. The molecule has 0 aliphatic carbocycles. The molecule has 0 bridgehead atoms. The number of rotatable bonds is 6. The summed E-state index contributed by atoms with van der Waals surface area (Å²) < 4.78 is 10.3. The lowest BCUT2D eigenvalue weighted by Gasteiger charge is -2.09. The van der Waals surface area contributed by atoms with Crippen LogP contribution in [0.25, 0.3) is 0 Å². The molecule has 2 amide bonds. The molecule has 0 aliphatic heterocycles. The monoisotopic (exact) mass is 404 g/mol. The van der Waals surface area contributed by atoms with Gasteiger partial charge >= 0.3 is 5.97 Å². The highest BCUT2D eigenvalue weighted by molar-refractivity contribution is 5.99. The minimum Gasteiger partial charge on any atom is -0.489 e. The minimum atomic E-state index is -0.511. The van der Waals surface area contributed by atoms with Crippen LogP contribution in [0.4, 0.5) is 0 Å². The maximum Gasteiger partial charge on any atom is 0.337 e. The molecule has 0 aliphatic rings. The maximum atomic E-state index is 12.2. The van der Waals surface area contributed by atoms with Gasteiger partial charge in [-0.25, -0.2) is 4.79 Å². The zero-order chi connectivity index (χ0) is 21.3. The highest BCUT2D eigenvalue weighted by atomic mass is 16.5. The average Bonchev–Trinajstić information content (AvgIpc) is 2.81. The molecule has 3 rings (SSSR count). The molecule has 30 heavy (non-hydrogen) atoms. The number of ether oxygens (including phenoxy) is 2. The number of benzene rings is 3. The van der Waals surface area contributed by atoms with Gasteiger partial charge in [0.1, 0.15) is 12.4 Å². The zero-order valence-corrected chi connectivity index (χ0v) is 16.3. The molecule has 0 radical (unpaired) electrons. The van der Waals surface area contributed by atoms with Crippen molar-refractivity contribution in [1.82, 2.24) is 10.9 Å². The van der Waals surface area contributed by atoms with Crippen molar-refractivity contribution in [3.8, 4) is 5.75 Å². The number of carbonyl (C=O) groups is 3. The topological polar surface area (TPSA) is 93.7 Å². The van der Waals surface area contributed by atoms with Crippen molar-refractivity contribution in [3.63, 3.8) is 0 Å². The summed E-state index contributed by atoms with van der Waals surface area (Å²) in [6.07, 6.45) is 0. The van der Waals surface area contributed by atoms with Crippen molar-refractivity contribution >= 4 is 17.8 Å². The number of methoxy groups -OCH3 is 1. The summed E-state index contributed by atoms with van der Waals surface area (Å²) in [6.45, 7) is 0.428. The molecule has 0 atom stereocenters. The number of amides is 2. The fourth-order valence-corrected chi connectivity index (χ4v) is 2.58. The van der Waals surface area contributed by atoms with Gasteiger partial charge in [0, 0.05) is 11.1 Å². The molecular formula is C23H20N2O5. The van der Waals surface area contributed by atoms with Crippen molar-refractivity contribution < 1.29 is 23.9 Å². The van der Waals surface area contributed by atoms with E-state index in [2.05, 4.69) is 15.6 Å². The fraction of sp³-hybridized carbons (Fsp3) is 0.0870. The summed E-state index contributed by atoms with van der Waals surface area (Å²) >= 11 is 0. The molecule has 0 saturated heterocycles. The predicted molar refractivity (Wildman–Crippen MR) is 110 cm³/mol. The standard InChI is InChI=1S/C23H20N2O5/c1-29-23(28)19-9-7-17(8-10-19)21(26)24-25-22(27)18-11-13-20(14-12-18)30-15-16-5-3-2-4-6-16/h2-14H,15H2,1H3,(H,24,26)(H,25,27). The van der Waals surface area contributed by atoms with Gasteiger partial charge in [0.05, 0.1) is 12.7 Å². The van der Waals surface area contributed by atoms with E-state index in [1.165, 1.54) is 31.4 Å². The van der Waals surface area contributed by atoms with E-state index in [-0.39, 0.29) is 5.56 Å². The maximum absolute atomic E-state index is 12.2. The van der Waals surface area contributed by atoms with Crippen molar-refractivity contribution in [2.75, 3.05) is 7.11 Å².